The van der Waals surface area contributed by atoms with Crippen LogP contribution in [0, 0.1) is 11.2 Å². The molecule has 6 heteroatoms. The maximum Gasteiger partial charge on any atom is 0.313 e. The van der Waals surface area contributed by atoms with Gasteiger partial charge in [-0.05, 0) is 49.7 Å². The van der Waals surface area contributed by atoms with Gasteiger partial charge >= 0.3 is 5.97 Å². The van der Waals surface area contributed by atoms with Crippen LogP contribution in [0.3, 0.4) is 0 Å². The number of methoxy groups -OCH3 is 1. The van der Waals surface area contributed by atoms with E-state index in [0.29, 0.717) is 12.2 Å². The van der Waals surface area contributed by atoms with Crippen molar-refractivity contribution in [2.75, 3.05) is 25.1 Å². The van der Waals surface area contributed by atoms with Crippen molar-refractivity contribution < 1.29 is 13.9 Å². The number of carbonyl (C=O) groups excluding carboxylic acids is 1. The van der Waals surface area contributed by atoms with Crippen LogP contribution in [-0.4, -0.2) is 36.4 Å². The van der Waals surface area contributed by atoms with Crippen LogP contribution in [0.15, 0.2) is 36.4 Å². The Bertz CT molecular complexity index is 703. The Labute approximate surface area is 134 Å². The number of hydrogen-bond acceptors (Lipinski definition) is 5. The molecule has 0 amide bonds. The number of aromatic nitrogens is 2. The zero-order chi connectivity index (χ0) is 16.4. The lowest BCUT2D eigenvalue weighted by atomic mass is 9.90. The van der Waals surface area contributed by atoms with Crippen LogP contribution >= 0.6 is 0 Å². The van der Waals surface area contributed by atoms with Gasteiger partial charge < -0.3 is 9.64 Å². The lowest BCUT2D eigenvalue weighted by Gasteiger charge is -2.22. The van der Waals surface area contributed by atoms with Crippen LogP contribution in [0.25, 0.3) is 11.3 Å². The van der Waals surface area contributed by atoms with Crippen LogP contribution < -0.4 is 4.90 Å². The average Bonchev–Trinajstić information content (AvgIpc) is 2.99. The minimum absolute atomic E-state index is 0.198. The Balaban J connectivity index is 1.76. The van der Waals surface area contributed by atoms with E-state index in [1.165, 1.54) is 19.2 Å². The molecule has 5 nitrogen and oxygen atoms in total. The molecule has 0 spiro atoms. The molecule has 0 radical (unpaired) electrons. The van der Waals surface area contributed by atoms with E-state index in [-0.39, 0.29) is 11.8 Å². The fraction of sp³-hybridized carbons (Fsp3) is 0.353. The van der Waals surface area contributed by atoms with Crippen molar-refractivity contribution in [3.05, 3.63) is 42.2 Å². The summed E-state index contributed by atoms with van der Waals surface area (Å²) < 4.78 is 17.8. The highest BCUT2D eigenvalue weighted by molar-refractivity contribution is 5.78. The minimum atomic E-state index is -0.508. The predicted octanol–water partition coefficient (Wildman–Crippen LogP) is 2.67. The van der Waals surface area contributed by atoms with Gasteiger partial charge in [-0.15, -0.1) is 10.2 Å². The number of ether oxygens (including phenoxy) is 1. The molecule has 0 saturated carbocycles. The second kappa shape index (κ2) is 5.95. The van der Waals surface area contributed by atoms with E-state index < -0.39 is 5.41 Å². The molecule has 120 valence electrons. The third-order valence-corrected chi connectivity index (χ3v) is 4.27. The number of benzene rings is 1. The topological polar surface area (TPSA) is 55.3 Å². The molecule has 0 aliphatic carbocycles. The zero-order valence-corrected chi connectivity index (χ0v) is 13.1. The summed E-state index contributed by atoms with van der Waals surface area (Å²) >= 11 is 0. The number of esters is 1. The summed E-state index contributed by atoms with van der Waals surface area (Å²) in [5.74, 6) is 0.247. The highest BCUT2D eigenvalue weighted by Crippen LogP contribution is 2.33. The van der Waals surface area contributed by atoms with Gasteiger partial charge in [0.25, 0.3) is 0 Å². The number of nitrogens with zero attached hydrogens (tertiary/aromatic N) is 3. The SMILES string of the molecule is COC(=O)C1(C)CCN(c2ccc(-c3ccc(F)cc3)nn2)C1. The van der Waals surface area contributed by atoms with Gasteiger partial charge in [0.15, 0.2) is 5.82 Å². The van der Waals surface area contributed by atoms with Crippen molar-refractivity contribution in [1.82, 2.24) is 10.2 Å². The lowest BCUT2D eigenvalue weighted by Crippen LogP contribution is -2.33. The van der Waals surface area contributed by atoms with E-state index in [4.69, 9.17) is 4.74 Å². The van der Waals surface area contributed by atoms with Crippen LogP contribution in [0.5, 0.6) is 0 Å². The molecule has 0 N–H and O–H groups in total. The van der Waals surface area contributed by atoms with Crippen LogP contribution in [0.2, 0.25) is 0 Å². The molecule has 23 heavy (non-hydrogen) atoms. The first-order valence-electron chi connectivity index (χ1n) is 7.45. The smallest absolute Gasteiger partial charge is 0.313 e. The molecule has 3 rings (SSSR count). The maximum absolute atomic E-state index is 13.0. The second-order valence-electron chi connectivity index (χ2n) is 6.01. The molecule has 1 atom stereocenters. The summed E-state index contributed by atoms with van der Waals surface area (Å²) in [6.07, 6.45) is 0.723. The summed E-state index contributed by atoms with van der Waals surface area (Å²) in [5.41, 5.74) is 0.987. The summed E-state index contributed by atoms with van der Waals surface area (Å²) in [5, 5.41) is 8.45. The number of hydrogen-bond donors (Lipinski definition) is 0. The van der Waals surface area contributed by atoms with Gasteiger partial charge in [-0.3, -0.25) is 4.79 Å². The van der Waals surface area contributed by atoms with Gasteiger partial charge in [0.1, 0.15) is 5.82 Å². The Morgan fingerprint density at radius 1 is 1.22 bits per heavy atom. The third-order valence-electron chi connectivity index (χ3n) is 4.27. The molecule has 1 aromatic carbocycles. The summed E-state index contributed by atoms with van der Waals surface area (Å²) in [6, 6.07) is 9.85. The summed E-state index contributed by atoms with van der Waals surface area (Å²) in [7, 11) is 1.41. The van der Waals surface area contributed by atoms with Crippen LogP contribution in [-0.2, 0) is 9.53 Å². The Morgan fingerprint density at radius 2 is 1.96 bits per heavy atom. The highest BCUT2D eigenvalue weighted by Gasteiger charge is 2.41. The first-order valence-corrected chi connectivity index (χ1v) is 7.45. The molecule has 1 fully saturated rings. The predicted molar refractivity (Wildman–Crippen MR) is 84.4 cm³/mol. The maximum atomic E-state index is 13.0. The molecular weight excluding hydrogens is 297 g/mol. The van der Waals surface area contributed by atoms with Crippen LogP contribution in [0.1, 0.15) is 13.3 Å². The van der Waals surface area contributed by atoms with Gasteiger partial charge in [-0.2, -0.15) is 0 Å². The molecule has 1 aromatic heterocycles. The number of carbonyl (C=O) groups is 1. The lowest BCUT2D eigenvalue weighted by molar-refractivity contribution is -0.150. The minimum Gasteiger partial charge on any atom is -0.469 e. The van der Waals surface area contributed by atoms with Gasteiger partial charge in [0.2, 0.25) is 0 Å². The van der Waals surface area contributed by atoms with Crippen LogP contribution in [0.4, 0.5) is 10.2 Å². The molecule has 1 unspecified atom stereocenters. The molecule has 1 saturated heterocycles. The van der Waals surface area contributed by atoms with E-state index in [0.717, 1.165) is 24.3 Å². The van der Waals surface area contributed by atoms with E-state index in [1.807, 2.05) is 24.0 Å². The molecule has 1 aliphatic rings. The summed E-state index contributed by atoms with van der Waals surface area (Å²) in [4.78, 5) is 13.9. The fourth-order valence-corrected chi connectivity index (χ4v) is 2.84. The van der Waals surface area contributed by atoms with Gasteiger partial charge in [0.05, 0.1) is 18.2 Å². The Kier molecular flexibility index (Phi) is 3.98. The highest BCUT2D eigenvalue weighted by atomic mass is 19.1. The standard InChI is InChI=1S/C17H18FN3O2/c1-17(16(22)23-2)9-10-21(11-17)15-8-7-14(19-20-15)12-3-5-13(18)6-4-12/h3-8H,9-11H2,1-2H3. The number of anilines is 1. The first-order chi connectivity index (χ1) is 11.0. The molecule has 1 aliphatic heterocycles. The molecule has 2 heterocycles. The zero-order valence-electron chi connectivity index (χ0n) is 13.1. The van der Waals surface area contributed by atoms with Crippen molar-refractivity contribution in [3.63, 3.8) is 0 Å². The Morgan fingerprint density at radius 3 is 2.57 bits per heavy atom. The van der Waals surface area contributed by atoms with Gasteiger partial charge in [-0.1, -0.05) is 0 Å². The van der Waals surface area contributed by atoms with Gasteiger partial charge in [-0.25, -0.2) is 4.39 Å². The fourth-order valence-electron chi connectivity index (χ4n) is 2.84. The quantitative estimate of drug-likeness (QED) is 0.815. The molecule has 2 aromatic rings. The van der Waals surface area contributed by atoms with Gasteiger partial charge in [0, 0.05) is 18.7 Å². The van der Waals surface area contributed by atoms with Crippen molar-refractivity contribution in [3.8, 4) is 11.3 Å². The Hall–Kier alpha value is -2.50. The molecular formula is C17H18FN3O2. The van der Waals surface area contributed by atoms with Crippen molar-refractivity contribution in [2.45, 2.75) is 13.3 Å². The van der Waals surface area contributed by atoms with E-state index >= 15 is 0 Å². The van der Waals surface area contributed by atoms with Crippen molar-refractivity contribution >= 4 is 11.8 Å². The number of halogens is 1. The van der Waals surface area contributed by atoms with Crippen molar-refractivity contribution in [1.29, 1.82) is 0 Å². The third kappa shape index (κ3) is 3.02. The normalized spacial score (nSPS) is 20.6. The average molecular weight is 315 g/mol. The number of rotatable bonds is 3. The first kappa shape index (κ1) is 15.4. The van der Waals surface area contributed by atoms with E-state index in [9.17, 15) is 9.18 Å². The largest absolute Gasteiger partial charge is 0.469 e. The monoisotopic (exact) mass is 315 g/mol. The van der Waals surface area contributed by atoms with Crippen molar-refractivity contribution in [2.24, 2.45) is 5.41 Å². The van der Waals surface area contributed by atoms with E-state index in [1.54, 1.807) is 12.1 Å². The van der Waals surface area contributed by atoms with E-state index in [2.05, 4.69) is 10.2 Å². The summed E-state index contributed by atoms with van der Waals surface area (Å²) in [6.45, 7) is 3.19. The second-order valence-corrected chi connectivity index (χ2v) is 6.01. The molecule has 0 bridgehead atoms.